The number of hydrogen-bond donors (Lipinski definition) is 4. The molecule has 2 amide bonds. The van der Waals surface area contributed by atoms with Crippen LogP contribution in [0.15, 0.2) is 34.9 Å². The molecule has 1 unspecified atom stereocenters. The minimum absolute atomic E-state index is 0.0608. The number of carbonyl (C=O) groups is 3. The standard InChI is InChI=1S/C25H30N8O10S2/c1-25(2)20(22(35)33(25)43-45(38,39)40)29-21(34)19(16-12-44-24(26)28-16)30-42-18(23(36)37)11-41-15-4-5-17-13(8-15)10-32(31(17)3)14-6-7-27-9-14/h4-5,8,10,12,14,18,20,27H,6-7,9,11H2,1-3H3,(H4-,26,28,29,34,36,37,38,39,40)/b30-19-/t14-,18?,20-/m1/s1. The number of carboxylic acid groups (broad SMARTS) is 1. The van der Waals surface area contributed by atoms with E-state index in [0.717, 1.165) is 41.8 Å². The molecule has 3 atom stereocenters. The van der Waals surface area contributed by atoms with Crippen LogP contribution in [0.3, 0.4) is 0 Å². The van der Waals surface area contributed by atoms with Gasteiger partial charge in [-0.15, -0.1) is 16.0 Å². The van der Waals surface area contributed by atoms with Gasteiger partial charge in [-0.2, -0.15) is 14.0 Å². The van der Waals surface area contributed by atoms with Crippen molar-refractivity contribution in [1.29, 1.82) is 0 Å². The molecule has 4 heterocycles. The maximum Gasteiger partial charge on any atom is 0.351 e. The lowest BCUT2D eigenvalue weighted by Gasteiger charge is -2.51. The molecule has 1 aromatic carbocycles. The molecule has 2 aliphatic rings. The van der Waals surface area contributed by atoms with Crippen LogP contribution < -0.4 is 25.8 Å². The molecule has 3 aromatic rings. The Morgan fingerprint density at radius 2 is 2.16 bits per heavy atom. The number of β-lactam (4-membered cyclic amide) rings is 1. The fraction of sp³-hybridized carbons (Fsp3) is 0.440. The SMILES string of the molecule is C[n+]1c2ccc(OCC(O/N=C(\C(=O)N[C@@H]3C(=O)N(OS(=O)(=O)[O-])C3(C)C)c3csc(N)n3)C(=O)O)cc2cn1[C@@H]1CCNC1. The lowest BCUT2D eigenvalue weighted by molar-refractivity contribution is -0.733. The first-order chi connectivity index (χ1) is 21.2. The molecule has 0 bridgehead atoms. The third-order valence-corrected chi connectivity index (χ3v) is 8.43. The number of nitrogens with one attached hydrogen (secondary N) is 2. The quantitative estimate of drug-likeness (QED) is 0.0443. The molecule has 0 saturated carbocycles. The Morgan fingerprint density at radius 3 is 2.76 bits per heavy atom. The van der Waals surface area contributed by atoms with Gasteiger partial charge in [-0.05, 0) is 38.9 Å². The van der Waals surface area contributed by atoms with Crippen molar-refractivity contribution in [2.45, 2.75) is 44.0 Å². The van der Waals surface area contributed by atoms with E-state index in [2.05, 4.69) is 29.7 Å². The monoisotopic (exact) mass is 666 g/mol. The molecule has 2 aromatic heterocycles. The Labute approximate surface area is 260 Å². The van der Waals surface area contributed by atoms with Gasteiger partial charge in [0.05, 0.1) is 17.1 Å². The Bertz CT molecular complexity index is 1780. The van der Waals surface area contributed by atoms with E-state index in [1.54, 1.807) is 12.1 Å². The van der Waals surface area contributed by atoms with E-state index in [1.807, 2.05) is 24.0 Å². The maximum atomic E-state index is 13.2. The summed E-state index contributed by atoms with van der Waals surface area (Å²) in [5, 5.41) is 21.8. The minimum atomic E-state index is -5.26. The van der Waals surface area contributed by atoms with Crippen LogP contribution in [0.25, 0.3) is 10.9 Å². The summed E-state index contributed by atoms with van der Waals surface area (Å²) in [5.41, 5.74) is 4.59. The zero-order chi connectivity index (χ0) is 32.7. The highest BCUT2D eigenvalue weighted by atomic mass is 32.3. The second-order valence-electron chi connectivity index (χ2n) is 10.8. The number of aryl methyl sites for hydroxylation is 1. The predicted molar refractivity (Wildman–Crippen MR) is 154 cm³/mol. The number of aliphatic carboxylic acids is 1. The van der Waals surface area contributed by atoms with E-state index >= 15 is 0 Å². The number of carbonyl (C=O) groups excluding carboxylic acids is 2. The van der Waals surface area contributed by atoms with Gasteiger partial charge in [0.1, 0.15) is 30.1 Å². The van der Waals surface area contributed by atoms with Gasteiger partial charge in [0.2, 0.25) is 15.9 Å². The van der Waals surface area contributed by atoms with E-state index in [0.29, 0.717) is 16.9 Å². The van der Waals surface area contributed by atoms with Crippen molar-refractivity contribution in [2.75, 3.05) is 25.4 Å². The summed E-state index contributed by atoms with van der Waals surface area (Å²) in [6.45, 7) is 3.99. The van der Waals surface area contributed by atoms with Crippen LogP contribution in [-0.2, 0) is 41.0 Å². The van der Waals surface area contributed by atoms with E-state index in [-0.39, 0.29) is 10.8 Å². The second-order valence-corrected chi connectivity index (χ2v) is 12.7. The van der Waals surface area contributed by atoms with Crippen LogP contribution in [-0.4, -0.2) is 93.7 Å². The first-order valence-electron chi connectivity index (χ1n) is 13.5. The summed E-state index contributed by atoms with van der Waals surface area (Å²) in [5.74, 6) is -3.11. The third-order valence-electron chi connectivity index (χ3n) is 7.42. The summed E-state index contributed by atoms with van der Waals surface area (Å²) in [6.07, 6.45) is 1.33. The van der Waals surface area contributed by atoms with E-state index in [9.17, 15) is 32.5 Å². The predicted octanol–water partition coefficient (Wildman–Crippen LogP) is -1.21. The number of nitrogen functional groups attached to an aromatic ring is 1. The lowest BCUT2D eigenvalue weighted by atomic mass is 9.84. The highest BCUT2D eigenvalue weighted by Gasteiger charge is 2.57. The smallest absolute Gasteiger partial charge is 0.351 e. The maximum absolute atomic E-state index is 13.2. The largest absolute Gasteiger partial charge is 0.724 e. The average Bonchev–Trinajstić information content (AvgIpc) is 3.72. The zero-order valence-electron chi connectivity index (χ0n) is 24.2. The van der Waals surface area contributed by atoms with Crippen molar-refractivity contribution in [3.8, 4) is 5.75 Å². The van der Waals surface area contributed by atoms with Crippen LogP contribution in [0.4, 0.5) is 5.13 Å². The van der Waals surface area contributed by atoms with Crippen molar-refractivity contribution >= 4 is 61.3 Å². The van der Waals surface area contributed by atoms with Crippen molar-refractivity contribution < 1.29 is 51.0 Å². The van der Waals surface area contributed by atoms with Gasteiger partial charge < -0.3 is 35.6 Å². The normalized spacial score (nSPS) is 20.6. The van der Waals surface area contributed by atoms with Crippen LogP contribution in [0.2, 0.25) is 0 Å². The van der Waals surface area contributed by atoms with Crippen LogP contribution in [0.5, 0.6) is 5.75 Å². The highest BCUT2D eigenvalue weighted by Crippen LogP contribution is 2.33. The van der Waals surface area contributed by atoms with Crippen LogP contribution in [0.1, 0.15) is 32.0 Å². The summed E-state index contributed by atoms with van der Waals surface area (Å²) < 4.78 is 47.0. The summed E-state index contributed by atoms with van der Waals surface area (Å²) in [6, 6.07) is 4.29. The molecular weight excluding hydrogens is 636 g/mol. The molecule has 5 rings (SSSR count). The van der Waals surface area contributed by atoms with Crippen LogP contribution >= 0.6 is 11.3 Å². The van der Waals surface area contributed by atoms with Gasteiger partial charge >= 0.3 is 5.97 Å². The number of oxime groups is 1. The number of nitrogens with two attached hydrogens (primary N) is 1. The number of rotatable bonds is 12. The molecule has 20 heteroatoms. The first-order valence-corrected chi connectivity index (χ1v) is 15.7. The number of fused-ring (bicyclic) bond motifs is 1. The molecule has 0 radical (unpaired) electrons. The molecule has 2 saturated heterocycles. The number of ether oxygens (including phenoxy) is 1. The number of thiazole rings is 1. The van der Waals surface area contributed by atoms with Crippen molar-refractivity contribution in [1.82, 2.24) is 25.4 Å². The summed E-state index contributed by atoms with van der Waals surface area (Å²) in [4.78, 5) is 46.9. The van der Waals surface area contributed by atoms with E-state index in [4.69, 9.17) is 15.3 Å². The molecule has 2 fully saturated rings. The fourth-order valence-corrected chi connectivity index (χ4v) is 6.04. The number of aromatic nitrogens is 3. The van der Waals surface area contributed by atoms with Crippen molar-refractivity contribution in [2.24, 2.45) is 12.2 Å². The molecule has 18 nitrogen and oxygen atoms in total. The van der Waals surface area contributed by atoms with E-state index in [1.165, 1.54) is 19.2 Å². The Morgan fingerprint density at radius 1 is 1.40 bits per heavy atom. The number of hydrogen-bond acceptors (Lipinski definition) is 14. The topological polar surface area (TPSA) is 244 Å². The van der Waals surface area contributed by atoms with Gasteiger partial charge in [-0.1, -0.05) is 5.16 Å². The number of nitrogens with zero attached hydrogens (tertiary/aromatic N) is 5. The number of hydroxylamine groups is 2. The van der Waals surface area contributed by atoms with Crippen molar-refractivity contribution in [3.63, 3.8) is 0 Å². The molecule has 5 N–H and O–H groups in total. The van der Waals surface area contributed by atoms with Gasteiger partial charge in [-0.3, -0.25) is 9.59 Å². The second kappa shape index (κ2) is 12.2. The number of benzene rings is 1. The summed E-state index contributed by atoms with van der Waals surface area (Å²) >= 11 is 0.961. The minimum Gasteiger partial charge on any atom is -0.724 e. The first kappa shape index (κ1) is 32.0. The van der Waals surface area contributed by atoms with Gasteiger partial charge in [0.25, 0.3) is 17.9 Å². The van der Waals surface area contributed by atoms with Gasteiger partial charge in [0, 0.05) is 18.0 Å². The molecule has 0 aliphatic carbocycles. The molecule has 242 valence electrons. The number of carboxylic acids is 1. The van der Waals surface area contributed by atoms with Crippen LogP contribution in [0, 0.1) is 0 Å². The highest BCUT2D eigenvalue weighted by molar-refractivity contribution is 7.80. The average molecular weight is 667 g/mol. The lowest BCUT2D eigenvalue weighted by Crippen LogP contribution is -2.76. The number of amides is 2. The van der Waals surface area contributed by atoms with E-state index < -0.39 is 58.2 Å². The van der Waals surface area contributed by atoms with Gasteiger partial charge in [-0.25, -0.2) is 18.2 Å². The molecule has 2 aliphatic heterocycles. The molecular formula is C25H30N8O10S2. The van der Waals surface area contributed by atoms with Gasteiger partial charge in [0.15, 0.2) is 17.9 Å². The molecule has 0 spiro atoms. The Balaban J connectivity index is 1.30. The third kappa shape index (κ3) is 6.68. The Hall–Kier alpha value is -4.37. The number of anilines is 1. The fourth-order valence-electron chi connectivity index (χ4n) is 5.04. The summed E-state index contributed by atoms with van der Waals surface area (Å²) in [7, 11) is -3.30. The molecule has 45 heavy (non-hydrogen) atoms. The Kier molecular flexibility index (Phi) is 8.68. The zero-order valence-corrected chi connectivity index (χ0v) is 25.8. The van der Waals surface area contributed by atoms with Crippen molar-refractivity contribution in [3.05, 3.63) is 35.5 Å².